The van der Waals surface area contributed by atoms with Gasteiger partial charge in [0.25, 0.3) is 0 Å². The number of halogens is 1. The molecule has 0 aliphatic heterocycles. The summed E-state index contributed by atoms with van der Waals surface area (Å²) in [5.41, 5.74) is 0.573. The molecule has 88 valence electrons. The molecule has 4 nitrogen and oxygen atoms in total. The first-order valence-electron chi connectivity index (χ1n) is 5.58. The summed E-state index contributed by atoms with van der Waals surface area (Å²) in [6.45, 7) is 0. The summed E-state index contributed by atoms with van der Waals surface area (Å²) in [7, 11) is 0. The van der Waals surface area contributed by atoms with Crippen molar-refractivity contribution in [3.63, 3.8) is 0 Å². The van der Waals surface area contributed by atoms with Gasteiger partial charge in [-0.25, -0.2) is 4.39 Å². The van der Waals surface area contributed by atoms with E-state index in [-0.39, 0.29) is 18.4 Å². The van der Waals surface area contributed by atoms with Gasteiger partial charge in [0.1, 0.15) is 12.4 Å². The van der Waals surface area contributed by atoms with Crippen LogP contribution in [0.15, 0.2) is 16.9 Å². The van der Waals surface area contributed by atoms with Crippen molar-refractivity contribution in [2.45, 2.75) is 44.3 Å². The number of hydrogen-bond donors (Lipinski definition) is 1. The molecule has 16 heavy (non-hydrogen) atoms. The van der Waals surface area contributed by atoms with Crippen LogP contribution in [-0.2, 0) is 11.2 Å². The Morgan fingerprint density at radius 3 is 3.06 bits per heavy atom. The van der Waals surface area contributed by atoms with E-state index in [1.165, 1.54) is 6.26 Å². The third kappa shape index (κ3) is 2.81. The molecule has 1 aromatic rings. The number of alkyl halides is 1. The van der Waals surface area contributed by atoms with Crippen molar-refractivity contribution in [1.29, 1.82) is 0 Å². The number of rotatable bonds is 3. The lowest BCUT2D eigenvalue weighted by molar-refractivity contribution is -0.122. The maximum atomic E-state index is 13.4. The second-order valence-corrected chi connectivity index (χ2v) is 4.14. The highest BCUT2D eigenvalue weighted by Gasteiger charge is 2.26. The van der Waals surface area contributed by atoms with E-state index >= 15 is 0 Å². The van der Waals surface area contributed by atoms with E-state index in [2.05, 4.69) is 15.0 Å². The van der Waals surface area contributed by atoms with E-state index in [4.69, 9.17) is 0 Å². The number of hydrogen-bond acceptors (Lipinski definition) is 3. The summed E-state index contributed by atoms with van der Waals surface area (Å²) in [5.74, 6) is -0.191. The van der Waals surface area contributed by atoms with Gasteiger partial charge in [0.2, 0.25) is 5.91 Å². The van der Waals surface area contributed by atoms with Crippen LogP contribution in [0.4, 0.5) is 4.39 Å². The van der Waals surface area contributed by atoms with Crippen LogP contribution in [0, 0.1) is 0 Å². The molecule has 1 fully saturated rings. The molecule has 0 radical (unpaired) electrons. The molecule has 1 aliphatic rings. The quantitative estimate of drug-likeness (QED) is 0.852. The average Bonchev–Trinajstić information content (AvgIpc) is 2.74. The number of carbonyl (C=O) groups excluding carboxylic acids is 1. The SMILES string of the molecule is O=C(Cc1ccon1)N[C@@H]1CCCC[C@H]1F. The van der Waals surface area contributed by atoms with Gasteiger partial charge >= 0.3 is 0 Å². The van der Waals surface area contributed by atoms with Gasteiger partial charge < -0.3 is 9.84 Å². The summed E-state index contributed by atoms with van der Waals surface area (Å²) in [6, 6.07) is 1.31. The first kappa shape index (κ1) is 11.1. The van der Waals surface area contributed by atoms with Crippen LogP contribution in [0.1, 0.15) is 31.4 Å². The maximum Gasteiger partial charge on any atom is 0.226 e. The predicted octanol–water partition coefficient (Wildman–Crippen LogP) is 1.61. The molecule has 0 bridgehead atoms. The van der Waals surface area contributed by atoms with E-state index in [1.807, 2.05) is 0 Å². The molecule has 1 amide bonds. The molecule has 2 rings (SSSR count). The smallest absolute Gasteiger partial charge is 0.226 e. The number of carbonyl (C=O) groups is 1. The molecule has 1 heterocycles. The third-order valence-corrected chi connectivity index (χ3v) is 2.86. The average molecular weight is 226 g/mol. The largest absolute Gasteiger partial charge is 0.364 e. The monoisotopic (exact) mass is 226 g/mol. The first-order valence-corrected chi connectivity index (χ1v) is 5.58. The highest BCUT2D eigenvalue weighted by atomic mass is 19.1. The number of amides is 1. The van der Waals surface area contributed by atoms with Crippen molar-refractivity contribution in [2.75, 3.05) is 0 Å². The Labute approximate surface area is 93.2 Å². The standard InChI is InChI=1S/C11H15FN2O2/c12-9-3-1-2-4-10(9)13-11(15)7-8-5-6-16-14-8/h5-6,9-10H,1-4,7H2,(H,13,15)/t9-,10-/m1/s1. The van der Waals surface area contributed by atoms with E-state index < -0.39 is 6.17 Å². The van der Waals surface area contributed by atoms with Crippen LogP contribution >= 0.6 is 0 Å². The lowest BCUT2D eigenvalue weighted by Gasteiger charge is -2.26. The lowest BCUT2D eigenvalue weighted by atomic mass is 9.93. The number of nitrogens with zero attached hydrogens (tertiary/aromatic N) is 1. The molecule has 0 spiro atoms. The van der Waals surface area contributed by atoms with Crippen LogP contribution in [0.3, 0.4) is 0 Å². The fraction of sp³-hybridized carbons (Fsp3) is 0.636. The second-order valence-electron chi connectivity index (χ2n) is 4.14. The molecule has 1 N–H and O–H groups in total. The van der Waals surface area contributed by atoms with Gasteiger partial charge in [-0.2, -0.15) is 0 Å². The molecule has 1 aromatic heterocycles. The van der Waals surface area contributed by atoms with Gasteiger partial charge in [0.05, 0.1) is 18.2 Å². The fourth-order valence-electron chi connectivity index (χ4n) is 2.00. The van der Waals surface area contributed by atoms with E-state index in [0.29, 0.717) is 12.1 Å². The van der Waals surface area contributed by atoms with Crippen LogP contribution in [0.5, 0.6) is 0 Å². The summed E-state index contributed by atoms with van der Waals surface area (Å²) in [6.07, 6.45) is 3.84. The number of nitrogens with one attached hydrogen (secondary N) is 1. The zero-order valence-corrected chi connectivity index (χ0v) is 8.99. The Kier molecular flexibility index (Phi) is 3.54. The predicted molar refractivity (Wildman–Crippen MR) is 55.5 cm³/mol. The van der Waals surface area contributed by atoms with Crippen LogP contribution < -0.4 is 5.32 Å². The lowest BCUT2D eigenvalue weighted by Crippen LogP contribution is -2.43. The van der Waals surface area contributed by atoms with Crippen molar-refractivity contribution in [2.24, 2.45) is 0 Å². The van der Waals surface area contributed by atoms with Gasteiger partial charge in [0, 0.05) is 6.07 Å². The van der Waals surface area contributed by atoms with Crippen LogP contribution in [-0.4, -0.2) is 23.3 Å². The maximum absolute atomic E-state index is 13.4. The Bertz CT molecular complexity index is 340. The molecule has 5 heteroatoms. The molecule has 0 saturated heterocycles. The van der Waals surface area contributed by atoms with Gasteiger partial charge in [-0.05, 0) is 12.8 Å². The zero-order chi connectivity index (χ0) is 11.4. The second kappa shape index (κ2) is 5.09. The minimum Gasteiger partial charge on any atom is -0.364 e. The van der Waals surface area contributed by atoms with Crippen molar-refractivity contribution in [3.8, 4) is 0 Å². The van der Waals surface area contributed by atoms with Gasteiger partial charge in [-0.3, -0.25) is 4.79 Å². The van der Waals surface area contributed by atoms with Gasteiger partial charge in [-0.15, -0.1) is 0 Å². The Morgan fingerprint density at radius 1 is 1.56 bits per heavy atom. The Hall–Kier alpha value is -1.39. The first-order chi connectivity index (χ1) is 7.75. The van der Waals surface area contributed by atoms with Crippen molar-refractivity contribution in [3.05, 3.63) is 18.0 Å². The van der Waals surface area contributed by atoms with E-state index in [0.717, 1.165) is 19.3 Å². The minimum absolute atomic E-state index is 0.152. The van der Waals surface area contributed by atoms with Crippen LogP contribution in [0.2, 0.25) is 0 Å². The molecule has 0 aromatic carbocycles. The van der Waals surface area contributed by atoms with Crippen LogP contribution in [0.25, 0.3) is 0 Å². The fourth-order valence-corrected chi connectivity index (χ4v) is 2.00. The normalized spacial score (nSPS) is 25.3. The summed E-state index contributed by atoms with van der Waals surface area (Å²) in [4.78, 5) is 11.6. The Balaban J connectivity index is 1.82. The summed E-state index contributed by atoms with van der Waals surface area (Å²) < 4.78 is 18.1. The summed E-state index contributed by atoms with van der Waals surface area (Å²) in [5, 5.41) is 6.35. The molecule has 1 saturated carbocycles. The zero-order valence-electron chi connectivity index (χ0n) is 8.99. The molecule has 1 aliphatic carbocycles. The minimum atomic E-state index is -0.907. The third-order valence-electron chi connectivity index (χ3n) is 2.86. The number of aromatic nitrogens is 1. The van der Waals surface area contributed by atoms with Gasteiger partial charge in [0.15, 0.2) is 0 Å². The molecule has 0 unspecified atom stereocenters. The van der Waals surface area contributed by atoms with Gasteiger partial charge in [-0.1, -0.05) is 18.0 Å². The molecular weight excluding hydrogens is 211 g/mol. The highest BCUT2D eigenvalue weighted by molar-refractivity contribution is 5.78. The molecular formula is C11H15FN2O2. The van der Waals surface area contributed by atoms with E-state index in [1.54, 1.807) is 6.07 Å². The topological polar surface area (TPSA) is 55.1 Å². The Morgan fingerprint density at radius 2 is 2.38 bits per heavy atom. The highest BCUT2D eigenvalue weighted by Crippen LogP contribution is 2.21. The van der Waals surface area contributed by atoms with Crippen molar-refractivity contribution < 1.29 is 13.7 Å². The van der Waals surface area contributed by atoms with Crippen molar-refractivity contribution in [1.82, 2.24) is 10.5 Å². The van der Waals surface area contributed by atoms with E-state index in [9.17, 15) is 9.18 Å². The summed E-state index contributed by atoms with van der Waals surface area (Å²) >= 11 is 0. The van der Waals surface area contributed by atoms with Crippen molar-refractivity contribution >= 4 is 5.91 Å². The molecule has 2 atom stereocenters.